The quantitative estimate of drug-likeness (QED) is 0.229. The number of rotatable bonds is 7. The maximum atomic E-state index is 13.3. The van der Waals surface area contributed by atoms with E-state index >= 15 is 0 Å². The number of carbonyl (C=O) groups excluding carboxylic acids is 1. The molecule has 0 unspecified atom stereocenters. The number of aromatic nitrogens is 4. The van der Waals surface area contributed by atoms with E-state index in [1.807, 2.05) is 4.57 Å². The standard InChI is InChI=1S/C19H24N6O3S/c1-4-6-10-24-15-16(21-18(24)23-11-7-20-8-12-23)22-19(29-13-14(26)28-3)25(9-5-2)17(15)27/h5,20H,2,7-13H2,1,3H3. The molecule has 0 aliphatic carbocycles. The van der Waals surface area contributed by atoms with Crippen molar-refractivity contribution in [3.8, 4) is 11.8 Å². The summed E-state index contributed by atoms with van der Waals surface area (Å²) >= 11 is 1.15. The summed E-state index contributed by atoms with van der Waals surface area (Å²) in [6.07, 6.45) is 1.63. The third kappa shape index (κ3) is 4.46. The Balaban J connectivity index is 2.16. The predicted octanol–water partition coefficient (Wildman–Crippen LogP) is 0.477. The van der Waals surface area contributed by atoms with Gasteiger partial charge in [-0.1, -0.05) is 23.8 Å². The number of hydrogen-bond acceptors (Lipinski definition) is 8. The van der Waals surface area contributed by atoms with Gasteiger partial charge in [-0.2, -0.15) is 4.98 Å². The molecule has 3 rings (SSSR count). The van der Waals surface area contributed by atoms with Crippen LogP contribution in [0.15, 0.2) is 22.6 Å². The van der Waals surface area contributed by atoms with Crippen LogP contribution in [0.25, 0.3) is 11.2 Å². The molecule has 1 saturated heterocycles. The van der Waals surface area contributed by atoms with E-state index in [1.54, 1.807) is 13.0 Å². The summed E-state index contributed by atoms with van der Waals surface area (Å²) in [5.74, 6) is 6.27. The van der Waals surface area contributed by atoms with Gasteiger partial charge in [0.1, 0.15) is 0 Å². The Morgan fingerprint density at radius 2 is 2.10 bits per heavy atom. The summed E-state index contributed by atoms with van der Waals surface area (Å²) in [4.78, 5) is 36.3. The molecule has 0 amide bonds. The maximum Gasteiger partial charge on any atom is 0.316 e. The van der Waals surface area contributed by atoms with Crippen LogP contribution in [0.4, 0.5) is 5.95 Å². The van der Waals surface area contributed by atoms with Crippen molar-refractivity contribution in [3.05, 3.63) is 23.0 Å². The second-order valence-corrected chi connectivity index (χ2v) is 7.24. The van der Waals surface area contributed by atoms with Crippen molar-refractivity contribution in [1.29, 1.82) is 0 Å². The lowest BCUT2D eigenvalue weighted by Gasteiger charge is -2.28. The van der Waals surface area contributed by atoms with E-state index in [0.29, 0.717) is 28.8 Å². The van der Waals surface area contributed by atoms with E-state index in [-0.39, 0.29) is 23.8 Å². The van der Waals surface area contributed by atoms with Gasteiger partial charge in [0.2, 0.25) is 5.95 Å². The highest BCUT2D eigenvalue weighted by atomic mass is 32.2. The Labute approximate surface area is 173 Å². The molecule has 1 fully saturated rings. The van der Waals surface area contributed by atoms with Crippen molar-refractivity contribution in [2.75, 3.05) is 43.9 Å². The van der Waals surface area contributed by atoms with Gasteiger partial charge in [0.25, 0.3) is 5.56 Å². The molecule has 2 aromatic heterocycles. The largest absolute Gasteiger partial charge is 0.468 e. The Hall–Kier alpha value is -2.77. The van der Waals surface area contributed by atoms with Crippen LogP contribution < -0.4 is 15.8 Å². The molecule has 0 atom stereocenters. The van der Waals surface area contributed by atoms with Gasteiger partial charge in [-0.15, -0.1) is 12.5 Å². The zero-order chi connectivity index (χ0) is 20.8. The maximum absolute atomic E-state index is 13.3. The summed E-state index contributed by atoms with van der Waals surface area (Å²) < 4.78 is 8.03. The number of methoxy groups -OCH3 is 1. The van der Waals surface area contributed by atoms with E-state index in [2.05, 4.69) is 38.6 Å². The number of anilines is 1. The minimum atomic E-state index is -0.389. The summed E-state index contributed by atoms with van der Waals surface area (Å²) in [6, 6.07) is 0. The Kier molecular flexibility index (Phi) is 6.95. The summed E-state index contributed by atoms with van der Waals surface area (Å²) in [5, 5.41) is 3.72. The van der Waals surface area contributed by atoms with Crippen LogP contribution in [-0.4, -0.2) is 64.1 Å². The first-order valence-corrected chi connectivity index (χ1v) is 10.3. The highest BCUT2D eigenvalue weighted by Gasteiger charge is 2.23. The van der Waals surface area contributed by atoms with Crippen LogP contribution in [-0.2, 0) is 22.6 Å². The minimum absolute atomic E-state index is 0.0538. The number of ether oxygens (including phenoxy) is 1. The van der Waals surface area contributed by atoms with Crippen molar-refractivity contribution >= 4 is 34.8 Å². The lowest BCUT2D eigenvalue weighted by atomic mass is 10.4. The number of imidazole rings is 1. The van der Waals surface area contributed by atoms with Crippen LogP contribution in [0.3, 0.4) is 0 Å². The first kappa shape index (κ1) is 21.0. The van der Waals surface area contributed by atoms with Crippen molar-refractivity contribution in [1.82, 2.24) is 24.4 Å². The van der Waals surface area contributed by atoms with Gasteiger partial charge in [0.15, 0.2) is 16.3 Å². The predicted molar refractivity (Wildman–Crippen MR) is 113 cm³/mol. The number of nitrogens with zero attached hydrogens (tertiary/aromatic N) is 5. The Morgan fingerprint density at radius 3 is 2.76 bits per heavy atom. The summed E-state index contributed by atoms with van der Waals surface area (Å²) in [6.45, 7) is 9.38. The fourth-order valence-electron chi connectivity index (χ4n) is 3.08. The molecule has 0 aromatic carbocycles. The van der Waals surface area contributed by atoms with Crippen molar-refractivity contribution in [3.63, 3.8) is 0 Å². The molecule has 2 aromatic rings. The average molecular weight is 417 g/mol. The average Bonchev–Trinajstić information content (AvgIpc) is 3.11. The first-order valence-electron chi connectivity index (χ1n) is 9.27. The van der Waals surface area contributed by atoms with E-state index < -0.39 is 0 Å². The smallest absolute Gasteiger partial charge is 0.316 e. The zero-order valence-corrected chi connectivity index (χ0v) is 17.4. The van der Waals surface area contributed by atoms with Crippen LogP contribution in [0.2, 0.25) is 0 Å². The molecule has 29 heavy (non-hydrogen) atoms. The third-order valence-electron chi connectivity index (χ3n) is 4.48. The number of allylic oxidation sites excluding steroid dienone is 1. The van der Waals surface area contributed by atoms with Crippen LogP contribution in [0.5, 0.6) is 0 Å². The Bertz CT molecular complexity index is 1030. The topological polar surface area (TPSA) is 94.3 Å². The zero-order valence-electron chi connectivity index (χ0n) is 16.6. The van der Waals surface area contributed by atoms with Crippen molar-refractivity contribution in [2.45, 2.75) is 25.2 Å². The highest BCUT2D eigenvalue weighted by Crippen LogP contribution is 2.23. The molecule has 0 spiro atoms. The van der Waals surface area contributed by atoms with Gasteiger partial charge in [-0.05, 0) is 6.92 Å². The highest BCUT2D eigenvalue weighted by molar-refractivity contribution is 7.99. The molecule has 0 saturated carbocycles. The minimum Gasteiger partial charge on any atom is -0.468 e. The summed E-state index contributed by atoms with van der Waals surface area (Å²) in [5.41, 5.74) is 0.536. The number of carbonyl (C=O) groups is 1. The van der Waals surface area contributed by atoms with Gasteiger partial charge in [-0.3, -0.25) is 18.7 Å². The van der Waals surface area contributed by atoms with E-state index in [1.165, 1.54) is 11.7 Å². The van der Waals surface area contributed by atoms with Crippen molar-refractivity contribution in [2.24, 2.45) is 0 Å². The van der Waals surface area contributed by atoms with E-state index in [9.17, 15) is 9.59 Å². The molecule has 10 heteroatoms. The molecule has 154 valence electrons. The van der Waals surface area contributed by atoms with E-state index in [0.717, 1.165) is 37.9 Å². The van der Waals surface area contributed by atoms with Gasteiger partial charge in [0, 0.05) is 32.7 Å². The third-order valence-corrected chi connectivity index (χ3v) is 5.43. The number of nitrogens with one attached hydrogen (secondary N) is 1. The van der Waals surface area contributed by atoms with Gasteiger partial charge in [0.05, 0.1) is 19.4 Å². The van der Waals surface area contributed by atoms with Gasteiger partial charge >= 0.3 is 5.97 Å². The van der Waals surface area contributed by atoms with Crippen molar-refractivity contribution < 1.29 is 9.53 Å². The first-order chi connectivity index (χ1) is 14.1. The number of piperazine rings is 1. The number of esters is 1. The molecule has 0 radical (unpaired) electrons. The fourth-order valence-corrected chi connectivity index (χ4v) is 3.91. The summed E-state index contributed by atoms with van der Waals surface area (Å²) in [7, 11) is 1.33. The normalized spacial score (nSPS) is 13.8. The molecule has 3 heterocycles. The SMILES string of the molecule is C=CCn1c(SCC(=O)OC)nc2nc(N3CCNCC3)n(CC#CC)c2c1=O. The lowest BCUT2D eigenvalue weighted by molar-refractivity contribution is -0.137. The monoisotopic (exact) mass is 416 g/mol. The van der Waals surface area contributed by atoms with Gasteiger partial charge in [-0.25, -0.2) is 4.98 Å². The Morgan fingerprint density at radius 1 is 1.34 bits per heavy atom. The van der Waals surface area contributed by atoms with Crippen LogP contribution in [0, 0.1) is 11.8 Å². The van der Waals surface area contributed by atoms with Crippen LogP contribution in [0.1, 0.15) is 6.92 Å². The van der Waals surface area contributed by atoms with Crippen LogP contribution >= 0.6 is 11.8 Å². The molecule has 9 nitrogen and oxygen atoms in total. The number of hydrogen-bond donors (Lipinski definition) is 1. The molecular formula is C19H24N6O3S. The lowest BCUT2D eigenvalue weighted by Crippen LogP contribution is -2.44. The van der Waals surface area contributed by atoms with Gasteiger partial charge < -0.3 is 15.0 Å². The molecule has 1 aliphatic rings. The molecule has 1 aliphatic heterocycles. The second kappa shape index (κ2) is 9.62. The molecule has 1 N–H and O–H groups in total. The number of fused-ring (bicyclic) bond motifs is 1. The fraction of sp³-hybridized carbons (Fsp3) is 0.474. The van der Waals surface area contributed by atoms with E-state index in [4.69, 9.17) is 4.74 Å². The number of thioether (sulfide) groups is 1. The molecular weight excluding hydrogens is 392 g/mol. The second-order valence-electron chi connectivity index (χ2n) is 6.30. The molecule has 0 bridgehead atoms.